The molecule has 1 rings (SSSR count). The molecule has 1 aromatic carbocycles. The smallest absolute Gasteiger partial charge is 0.356 e. The van der Waals surface area contributed by atoms with E-state index >= 15 is 0 Å². The van der Waals surface area contributed by atoms with Crippen LogP contribution in [0.1, 0.15) is 11.1 Å². The van der Waals surface area contributed by atoms with Crippen molar-refractivity contribution in [3.63, 3.8) is 0 Å². The Morgan fingerprint density at radius 2 is 1.94 bits per heavy atom. The van der Waals surface area contributed by atoms with Gasteiger partial charge in [-0.15, -0.1) is 0 Å². The Morgan fingerprint density at radius 1 is 1.31 bits per heavy atom. The van der Waals surface area contributed by atoms with E-state index in [0.29, 0.717) is 0 Å². The summed E-state index contributed by atoms with van der Waals surface area (Å²) in [4.78, 5) is 10.9. The Morgan fingerprint density at radius 3 is 2.50 bits per heavy atom. The molecule has 16 heavy (non-hydrogen) atoms. The first-order valence-corrected chi connectivity index (χ1v) is 4.51. The molecule has 5 heteroatoms. The molecule has 1 N–H and O–H groups in total. The number of hydrogen-bond acceptors (Lipinski definition) is 1. The maximum Gasteiger partial charge on any atom is 0.416 e. The highest BCUT2D eigenvalue weighted by atomic mass is 19.4. The minimum Gasteiger partial charge on any atom is -0.356 e. The Balaban J connectivity index is 3.05. The van der Waals surface area contributed by atoms with Crippen molar-refractivity contribution in [2.75, 3.05) is 7.05 Å². The molecule has 0 bridgehead atoms. The minimum absolute atomic E-state index is 0.0291. The van der Waals surface area contributed by atoms with Crippen molar-refractivity contribution < 1.29 is 18.0 Å². The molecule has 0 aromatic heterocycles. The van der Waals surface area contributed by atoms with Crippen LogP contribution in [0, 0.1) is 0 Å². The number of likely N-dealkylation sites (N-methyl/N-ethyl adjacent to an activating group) is 1. The highest BCUT2D eigenvalue weighted by Crippen LogP contribution is 2.32. The fourth-order valence-corrected chi connectivity index (χ4v) is 1.15. The summed E-state index contributed by atoms with van der Waals surface area (Å²) in [5, 5.41) is 2.29. The lowest BCUT2D eigenvalue weighted by Gasteiger charge is -2.09. The largest absolute Gasteiger partial charge is 0.416 e. The van der Waals surface area contributed by atoms with Crippen molar-refractivity contribution in [3.05, 3.63) is 41.5 Å². The highest BCUT2D eigenvalue weighted by molar-refractivity contribution is 5.91. The molecular formula is C11H10F3NO. The second-order valence-corrected chi connectivity index (χ2v) is 3.03. The third-order valence-electron chi connectivity index (χ3n) is 1.93. The molecule has 0 saturated carbocycles. The SMILES string of the molecule is CNC(=O)/C=C/c1ccccc1C(F)(F)F. The predicted octanol–water partition coefficient (Wildman–Crippen LogP) is 2.46. The molecule has 0 aliphatic rings. The molecule has 2 nitrogen and oxygen atoms in total. The Hall–Kier alpha value is -1.78. The van der Waals surface area contributed by atoms with Crippen LogP contribution >= 0.6 is 0 Å². The summed E-state index contributed by atoms with van der Waals surface area (Å²) in [6, 6.07) is 5.07. The molecule has 0 radical (unpaired) electrons. The maximum atomic E-state index is 12.5. The van der Waals surface area contributed by atoms with E-state index in [4.69, 9.17) is 0 Å². The van der Waals surface area contributed by atoms with Gasteiger partial charge in [0.1, 0.15) is 0 Å². The summed E-state index contributed by atoms with van der Waals surface area (Å²) in [7, 11) is 1.41. The van der Waals surface area contributed by atoms with Crippen LogP contribution in [0.15, 0.2) is 30.3 Å². The van der Waals surface area contributed by atoms with Gasteiger partial charge in [-0.2, -0.15) is 13.2 Å². The van der Waals surface area contributed by atoms with Gasteiger partial charge in [-0.05, 0) is 17.7 Å². The van der Waals surface area contributed by atoms with Crippen LogP contribution in [0.25, 0.3) is 6.08 Å². The predicted molar refractivity (Wildman–Crippen MR) is 54.5 cm³/mol. The van der Waals surface area contributed by atoms with Crippen molar-refractivity contribution in [2.24, 2.45) is 0 Å². The van der Waals surface area contributed by atoms with Crippen LogP contribution in [0.5, 0.6) is 0 Å². The number of benzene rings is 1. The van der Waals surface area contributed by atoms with Gasteiger partial charge >= 0.3 is 6.18 Å². The second-order valence-electron chi connectivity index (χ2n) is 3.03. The van der Waals surface area contributed by atoms with Crippen molar-refractivity contribution in [1.82, 2.24) is 5.32 Å². The molecule has 1 amide bonds. The van der Waals surface area contributed by atoms with Crippen molar-refractivity contribution in [1.29, 1.82) is 0 Å². The lowest BCUT2D eigenvalue weighted by molar-refractivity contribution is -0.137. The molecule has 0 spiro atoms. The van der Waals surface area contributed by atoms with E-state index < -0.39 is 17.6 Å². The summed E-state index contributed by atoms with van der Waals surface area (Å²) in [6.45, 7) is 0. The average molecular weight is 229 g/mol. The van der Waals surface area contributed by atoms with Gasteiger partial charge in [0, 0.05) is 13.1 Å². The standard InChI is InChI=1S/C11H10F3NO/c1-15-10(16)7-6-8-4-2-3-5-9(8)11(12,13)14/h2-7H,1H3,(H,15,16)/b7-6+. The fraction of sp³-hybridized carbons (Fsp3) is 0.182. The maximum absolute atomic E-state index is 12.5. The van der Waals surface area contributed by atoms with Gasteiger partial charge in [-0.1, -0.05) is 18.2 Å². The molecule has 86 valence electrons. The average Bonchev–Trinajstić information content (AvgIpc) is 2.25. The number of alkyl halides is 3. The Bertz CT molecular complexity index is 410. The number of carbonyl (C=O) groups excluding carboxylic acids is 1. The van der Waals surface area contributed by atoms with E-state index in [2.05, 4.69) is 5.32 Å². The summed E-state index contributed by atoms with van der Waals surface area (Å²) in [5.74, 6) is -0.447. The van der Waals surface area contributed by atoms with E-state index in [0.717, 1.165) is 18.2 Å². The van der Waals surface area contributed by atoms with Crippen LogP contribution in [0.2, 0.25) is 0 Å². The minimum atomic E-state index is -4.41. The molecule has 0 aliphatic carbocycles. The van der Waals surface area contributed by atoms with Crippen LogP contribution in [-0.4, -0.2) is 13.0 Å². The van der Waals surface area contributed by atoms with Gasteiger partial charge < -0.3 is 5.32 Å². The van der Waals surface area contributed by atoms with E-state index in [-0.39, 0.29) is 5.56 Å². The van der Waals surface area contributed by atoms with Gasteiger partial charge in [-0.25, -0.2) is 0 Å². The normalized spacial score (nSPS) is 11.8. The van der Waals surface area contributed by atoms with E-state index in [9.17, 15) is 18.0 Å². The number of amides is 1. The van der Waals surface area contributed by atoms with Crippen LogP contribution < -0.4 is 5.32 Å². The monoisotopic (exact) mass is 229 g/mol. The summed E-state index contributed by atoms with van der Waals surface area (Å²) in [6.07, 6.45) is -2.21. The van der Waals surface area contributed by atoms with Crippen molar-refractivity contribution in [2.45, 2.75) is 6.18 Å². The summed E-state index contributed by atoms with van der Waals surface area (Å²) >= 11 is 0. The zero-order chi connectivity index (χ0) is 12.2. The first kappa shape index (κ1) is 12.3. The lowest BCUT2D eigenvalue weighted by atomic mass is 10.1. The molecule has 0 aliphatic heterocycles. The molecular weight excluding hydrogens is 219 g/mol. The first-order chi connectivity index (χ1) is 7.45. The number of carbonyl (C=O) groups is 1. The first-order valence-electron chi connectivity index (χ1n) is 4.51. The number of rotatable bonds is 2. The van der Waals surface area contributed by atoms with Gasteiger partial charge in [0.15, 0.2) is 0 Å². The van der Waals surface area contributed by atoms with E-state index in [1.807, 2.05) is 0 Å². The Kier molecular flexibility index (Phi) is 3.71. The molecule has 0 saturated heterocycles. The van der Waals surface area contributed by atoms with Crippen LogP contribution in [0.4, 0.5) is 13.2 Å². The zero-order valence-electron chi connectivity index (χ0n) is 8.51. The topological polar surface area (TPSA) is 29.1 Å². The van der Waals surface area contributed by atoms with Crippen LogP contribution in [-0.2, 0) is 11.0 Å². The quantitative estimate of drug-likeness (QED) is 0.775. The van der Waals surface area contributed by atoms with E-state index in [1.165, 1.54) is 25.2 Å². The third kappa shape index (κ3) is 3.12. The van der Waals surface area contributed by atoms with Crippen LogP contribution in [0.3, 0.4) is 0 Å². The van der Waals surface area contributed by atoms with Gasteiger partial charge in [0.25, 0.3) is 0 Å². The van der Waals surface area contributed by atoms with Gasteiger partial charge in [0.2, 0.25) is 5.91 Å². The molecule has 0 unspecified atom stereocenters. The zero-order valence-corrected chi connectivity index (χ0v) is 8.51. The van der Waals surface area contributed by atoms with Gasteiger partial charge in [-0.3, -0.25) is 4.79 Å². The highest BCUT2D eigenvalue weighted by Gasteiger charge is 2.32. The van der Waals surface area contributed by atoms with Gasteiger partial charge in [0.05, 0.1) is 5.56 Å². The van der Waals surface area contributed by atoms with Crippen molar-refractivity contribution >= 4 is 12.0 Å². The molecule has 0 fully saturated rings. The molecule has 0 heterocycles. The lowest BCUT2D eigenvalue weighted by Crippen LogP contribution is -2.14. The van der Waals surface area contributed by atoms with E-state index in [1.54, 1.807) is 0 Å². The molecule has 1 aromatic rings. The number of hydrogen-bond donors (Lipinski definition) is 1. The summed E-state index contributed by atoms with van der Waals surface area (Å²) in [5.41, 5.74) is -0.784. The molecule has 0 atom stereocenters. The Labute approximate surface area is 90.8 Å². The third-order valence-corrected chi connectivity index (χ3v) is 1.93. The second kappa shape index (κ2) is 4.83. The fourth-order valence-electron chi connectivity index (χ4n) is 1.15. The van der Waals surface area contributed by atoms with Crippen molar-refractivity contribution in [3.8, 4) is 0 Å². The summed E-state index contributed by atoms with van der Waals surface area (Å²) < 4.78 is 37.6. The number of nitrogens with one attached hydrogen (secondary N) is 1. The number of halogens is 3.